The van der Waals surface area contributed by atoms with Crippen LogP contribution in [0.2, 0.25) is 0 Å². The van der Waals surface area contributed by atoms with Crippen molar-refractivity contribution in [3.05, 3.63) is 65.8 Å². The van der Waals surface area contributed by atoms with Crippen LogP contribution in [0, 0.1) is 0 Å². The van der Waals surface area contributed by atoms with Crippen LogP contribution < -0.4 is 5.32 Å². The van der Waals surface area contributed by atoms with Crippen LogP contribution in [0.15, 0.2) is 47.2 Å². The highest BCUT2D eigenvalue weighted by atomic mass is 16.5. The van der Waals surface area contributed by atoms with Crippen molar-refractivity contribution in [2.24, 2.45) is 7.05 Å². The number of carbonyl (C=O) groups is 1. The molecule has 0 bridgehead atoms. The fourth-order valence-electron chi connectivity index (χ4n) is 3.14. The Balaban J connectivity index is 1.51. The third kappa shape index (κ3) is 3.90. The fraction of sp³-hybridized carbons (Fsp3) is 0.400. The normalized spacial score (nSPS) is 14.6. The topological polar surface area (TPSA) is 89.1 Å². The van der Waals surface area contributed by atoms with Crippen LogP contribution in [0.4, 0.5) is 4.79 Å². The molecular formula is C20H24N6O2. The van der Waals surface area contributed by atoms with E-state index in [2.05, 4.69) is 20.4 Å². The largest absolute Gasteiger partial charge is 0.339 e. The monoisotopic (exact) mass is 380 g/mol. The highest BCUT2D eigenvalue weighted by Gasteiger charge is 2.30. The summed E-state index contributed by atoms with van der Waals surface area (Å²) >= 11 is 0. The van der Waals surface area contributed by atoms with E-state index in [1.54, 1.807) is 11.1 Å². The second-order valence-corrected chi connectivity index (χ2v) is 7.03. The Hall–Kier alpha value is -3.16. The molecule has 1 saturated carbocycles. The number of aromatic nitrogens is 4. The van der Waals surface area contributed by atoms with Gasteiger partial charge in [-0.05, 0) is 25.3 Å². The SMILES string of the molecule is CCN(Cc1noc(C2CC2)n1)C(=O)N[C@H](c1ccccc1)c1nccn1C. The highest BCUT2D eigenvalue weighted by molar-refractivity contribution is 5.75. The van der Waals surface area contributed by atoms with Gasteiger partial charge in [0.25, 0.3) is 0 Å². The summed E-state index contributed by atoms with van der Waals surface area (Å²) in [5.41, 5.74) is 0.969. The van der Waals surface area contributed by atoms with Crippen LogP contribution in [0.25, 0.3) is 0 Å². The van der Waals surface area contributed by atoms with Crippen LogP contribution >= 0.6 is 0 Å². The summed E-state index contributed by atoms with van der Waals surface area (Å²) in [4.78, 5) is 23.5. The number of benzene rings is 1. The number of carbonyl (C=O) groups excluding carboxylic acids is 1. The number of nitrogens with one attached hydrogen (secondary N) is 1. The Bertz CT molecular complexity index is 931. The summed E-state index contributed by atoms with van der Waals surface area (Å²) in [7, 11) is 1.92. The van der Waals surface area contributed by atoms with Gasteiger partial charge in [0.1, 0.15) is 11.9 Å². The summed E-state index contributed by atoms with van der Waals surface area (Å²) in [6.45, 7) is 2.77. The molecule has 1 aliphatic rings. The van der Waals surface area contributed by atoms with Gasteiger partial charge in [0, 0.05) is 31.9 Å². The minimum Gasteiger partial charge on any atom is -0.339 e. The van der Waals surface area contributed by atoms with Crippen LogP contribution in [0.3, 0.4) is 0 Å². The summed E-state index contributed by atoms with van der Waals surface area (Å²) < 4.78 is 7.22. The Labute approximate surface area is 163 Å². The first-order valence-corrected chi connectivity index (χ1v) is 9.55. The van der Waals surface area contributed by atoms with E-state index in [1.165, 1.54) is 0 Å². The van der Waals surface area contributed by atoms with Crippen molar-refractivity contribution >= 4 is 6.03 Å². The molecule has 1 fully saturated rings. The first kappa shape index (κ1) is 18.2. The number of imidazole rings is 1. The lowest BCUT2D eigenvalue weighted by Crippen LogP contribution is -2.42. The van der Waals surface area contributed by atoms with E-state index in [4.69, 9.17) is 4.52 Å². The molecule has 28 heavy (non-hydrogen) atoms. The van der Waals surface area contributed by atoms with Gasteiger partial charge in [0.15, 0.2) is 5.82 Å². The minimum atomic E-state index is -0.352. The molecule has 1 aliphatic carbocycles. The smallest absolute Gasteiger partial charge is 0.318 e. The van der Waals surface area contributed by atoms with E-state index in [9.17, 15) is 4.79 Å². The third-order valence-corrected chi connectivity index (χ3v) is 4.93. The molecule has 0 radical (unpaired) electrons. The van der Waals surface area contributed by atoms with Gasteiger partial charge >= 0.3 is 6.03 Å². The van der Waals surface area contributed by atoms with Gasteiger partial charge in [-0.25, -0.2) is 9.78 Å². The zero-order valence-corrected chi connectivity index (χ0v) is 16.1. The number of nitrogens with zero attached hydrogens (tertiary/aromatic N) is 5. The number of urea groups is 1. The van der Waals surface area contributed by atoms with Crippen molar-refractivity contribution in [3.63, 3.8) is 0 Å². The van der Waals surface area contributed by atoms with Crippen molar-refractivity contribution in [2.75, 3.05) is 6.54 Å². The third-order valence-electron chi connectivity index (χ3n) is 4.93. The highest BCUT2D eigenvalue weighted by Crippen LogP contribution is 2.38. The van der Waals surface area contributed by atoms with Gasteiger partial charge in [-0.1, -0.05) is 35.5 Å². The molecule has 8 heteroatoms. The lowest BCUT2D eigenvalue weighted by atomic mass is 10.1. The first-order chi connectivity index (χ1) is 13.7. The van der Waals surface area contributed by atoms with E-state index in [-0.39, 0.29) is 12.1 Å². The Morgan fingerprint density at radius 2 is 2.14 bits per heavy atom. The number of rotatable bonds is 7. The molecule has 0 saturated heterocycles. The molecule has 0 aliphatic heterocycles. The van der Waals surface area contributed by atoms with Gasteiger partial charge in [0.2, 0.25) is 5.89 Å². The second-order valence-electron chi connectivity index (χ2n) is 7.03. The zero-order valence-electron chi connectivity index (χ0n) is 16.1. The van der Waals surface area contributed by atoms with E-state index < -0.39 is 0 Å². The van der Waals surface area contributed by atoms with Crippen molar-refractivity contribution in [2.45, 2.75) is 38.3 Å². The van der Waals surface area contributed by atoms with Crippen LogP contribution in [-0.2, 0) is 13.6 Å². The van der Waals surface area contributed by atoms with Crippen LogP contribution in [0.5, 0.6) is 0 Å². The maximum Gasteiger partial charge on any atom is 0.318 e. The Morgan fingerprint density at radius 1 is 1.36 bits per heavy atom. The quantitative estimate of drug-likeness (QED) is 0.681. The molecule has 2 aromatic heterocycles. The summed E-state index contributed by atoms with van der Waals surface area (Å²) in [5.74, 6) is 2.39. The molecule has 1 N–H and O–H groups in total. The molecule has 1 atom stereocenters. The minimum absolute atomic E-state index is 0.197. The molecular weight excluding hydrogens is 356 g/mol. The summed E-state index contributed by atoms with van der Waals surface area (Å²) in [5, 5.41) is 7.13. The van der Waals surface area contributed by atoms with Gasteiger partial charge in [-0.3, -0.25) is 0 Å². The molecule has 8 nitrogen and oxygen atoms in total. The van der Waals surface area contributed by atoms with Gasteiger partial charge in [-0.15, -0.1) is 0 Å². The fourth-order valence-corrected chi connectivity index (χ4v) is 3.14. The van der Waals surface area contributed by atoms with Gasteiger partial charge < -0.3 is 19.3 Å². The average Bonchev–Trinajstić information content (AvgIpc) is 3.32. The zero-order chi connectivity index (χ0) is 19.5. The number of aryl methyl sites for hydroxylation is 1. The van der Waals surface area contributed by atoms with Crippen molar-refractivity contribution in [1.29, 1.82) is 0 Å². The number of amides is 2. The maximum atomic E-state index is 13.0. The first-order valence-electron chi connectivity index (χ1n) is 9.55. The summed E-state index contributed by atoms with van der Waals surface area (Å²) in [6.07, 6.45) is 5.80. The van der Waals surface area contributed by atoms with Crippen LogP contribution in [-0.4, -0.2) is 37.2 Å². The van der Waals surface area contributed by atoms with Gasteiger partial charge in [-0.2, -0.15) is 4.98 Å². The Kier molecular flexibility index (Phi) is 5.10. The maximum absolute atomic E-state index is 13.0. The lowest BCUT2D eigenvalue weighted by molar-refractivity contribution is 0.193. The summed E-state index contributed by atoms with van der Waals surface area (Å²) in [6, 6.07) is 9.27. The number of hydrogen-bond donors (Lipinski definition) is 1. The average molecular weight is 380 g/mol. The molecule has 2 amide bonds. The standard InChI is InChI=1S/C20H24N6O2/c1-3-26(13-16-22-19(28-24-16)15-9-10-15)20(27)23-17(14-7-5-4-6-8-14)18-21-11-12-25(18)2/h4-8,11-12,15,17H,3,9-10,13H2,1-2H3,(H,23,27)/t17-/m1/s1. The Morgan fingerprint density at radius 3 is 2.79 bits per heavy atom. The van der Waals surface area contributed by atoms with E-state index in [0.717, 1.165) is 24.2 Å². The van der Waals surface area contributed by atoms with Crippen molar-refractivity contribution in [3.8, 4) is 0 Å². The van der Waals surface area contributed by atoms with Crippen LogP contribution in [0.1, 0.15) is 54.8 Å². The molecule has 3 aromatic rings. The lowest BCUT2D eigenvalue weighted by Gasteiger charge is -2.25. The van der Waals surface area contributed by atoms with Crippen molar-refractivity contribution in [1.82, 2.24) is 29.9 Å². The second kappa shape index (κ2) is 7.84. The van der Waals surface area contributed by atoms with Gasteiger partial charge in [0.05, 0.1) is 6.54 Å². The molecule has 0 spiro atoms. The molecule has 1 aromatic carbocycles. The molecule has 0 unspecified atom stereocenters. The molecule has 4 rings (SSSR count). The number of hydrogen-bond acceptors (Lipinski definition) is 5. The molecule has 146 valence electrons. The predicted octanol–water partition coefficient (Wildman–Crippen LogP) is 3.00. The predicted molar refractivity (Wildman–Crippen MR) is 102 cm³/mol. The molecule has 2 heterocycles. The van der Waals surface area contributed by atoms with E-state index in [0.29, 0.717) is 30.7 Å². The van der Waals surface area contributed by atoms with Crippen molar-refractivity contribution < 1.29 is 9.32 Å². The van der Waals surface area contributed by atoms with E-state index >= 15 is 0 Å². The van der Waals surface area contributed by atoms with E-state index in [1.807, 2.05) is 55.1 Å².